The molecule has 1 aromatic heterocycles. The zero-order valence-corrected chi connectivity index (χ0v) is 11.2. The molecule has 0 aliphatic rings. The third-order valence-electron chi connectivity index (χ3n) is 2.60. The summed E-state index contributed by atoms with van der Waals surface area (Å²) in [4.78, 5) is 1.53. The summed E-state index contributed by atoms with van der Waals surface area (Å²) in [5, 5.41) is 5.87. The van der Waals surface area contributed by atoms with Gasteiger partial charge in [-0.3, -0.25) is 0 Å². The van der Waals surface area contributed by atoms with E-state index in [0.29, 0.717) is 12.1 Å². The molecule has 1 rings (SSSR count). The van der Waals surface area contributed by atoms with Crippen LogP contribution in [0.5, 0.6) is 0 Å². The van der Waals surface area contributed by atoms with Gasteiger partial charge in [0, 0.05) is 17.0 Å². The van der Waals surface area contributed by atoms with Crippen molar-refractivity contribution in [2.75, 3.05) is 0 Å². The Morgan fingerprint density at radius 3 is 2.60 bits per heavy atom. The molecule has 0 spiro atoms. The molecule has 15 heavy (non-hydrogen) atoms. The van der Waals surface area contributed by atoms with Gasteiger partial charge in [-0.2, -0.15) is 0 Å². The number of hydrogen-bond acceptors (Lipinski definition) is 2. The third-order valence-corrected chi connectivity index (χ3v) is 3.73. The van der Waals surface area contributed by atoms with Crippen molar-refractivity contribution in [3.8, 4) is 0 Å². The van der Waals surface area contributed by atoms with Crippen LogP contribution in [0.1, 0.15) is 56.5 Å². The van der Waals surface area contributed by atoms with E-state index in [4.69, 9.17) is 0 Å². The number of hydrogen-bond donors (Lipinski definition) is 1. The molecule has 0 aliphatic heterocycles. The molecule has 1 atom stereocenters. The van der Waals surface area contributed by atoms with Crippen molar-refractivity contribution in [1.29, 1.82) is 0 Å². The largest absolute Gasteiger partial charge is 0.307 e. The van der Waals surface area contributed by atoms with E-state index in [0.717, 1.165) is 0 Å². The summed E-state index contributed by atoms with van der Waals surface area (Å²) in [6.07, 6.45) is 3.85. The fourth-order valence-corrected chi connectivity index (χ4v) is 2.87. The summed E-state index contributed by atoms with van der Waals surface area (Å²) in [7, 11) is 0. The first-order valence-corrected chi connectivity index (χ1v) is 6.83. The lowest BCUT2D eigenvalue weighted by atomic mass is 10.0. The van der Waals surface area contributed by atoms with Gasteiger partial charge >= 0.3 is 0 Å². The van der Waals surface area contributed by atoms with E-state index in [1.807, 2.05) is 11.3 Å². The van der Waals surface area contributed by atoms with Crippen LogP contribution < -0.4 is 5.32 Å². The Bertz CT molecular complexity index is 278. The van der Waals surface area contributed by atoms with Gasteiger partial charge in [0.25, 0.3) is 0 Å². The zero-order chi connectivity index (χ0) is 11.3. The van der Waals surface area contributed by atoms with Gasteiger partial charge < -0.3 is 5.32 Å². The molecule has 2 heteroatoms. The van der Waals surface area contributed by atoms with Crippen LogP contribution in [-0.4, -0.2) is 6.04 Å². The molecular weight excluding hydrogens is 202 g/mol. The normalized spacial score (nSPS) is 13.4. The van der Waals surface area contributed by atoms with Gasteiger partial charge in [0.2, 0.25) is 0 Å². The Hall–Kier alpha value is -0.340. The molecule has 1 N–H and O–H groups in total. The highest BCUT2D eigenvalue weighted by Crippen LogP contribution is 2.28. The second-order valence-electron chi connectivity index (χ2n) is 4.48. The molecule has 1 heterocycles. The monoisotopic (exact) mass is 225 g/mol. The van der Waals surface area contributed by atoms with Gasteiger partial charge in [-0.25, -0.2) is 0 Å². The molecule has 1 nitrogen and oxygen atoms in total. The summed E-state index contributed by atoms with van der Waals surface area (Å²) in [5.74, 6) is 0. The van der Waals surface area contributed by atoms with E-state index >= 15 is 0 Å². The maximum absolute atomic E-state index is 3.67. The highest BCUT2D eigenvalue weighted by atomic mass is 32.1. The average Bonchev–Trinajstić information content (AvgIpc) is 2.58. The van der Waals surface area contributed by atoms with Gasteiger partial charge in [-0.1, -0.05) is 33.6 Å². The minimum Gasteiger partial charge on any atom is -0.307 e. The molecule has 86 valence electrons. The lowest BCUT2D eigenvalue weighted by Gasteiger charge is -2.21. The van der Waals surface area contributed by atoms with E-state index in [1.54, 1.807) is 0 Å². The van der Waals surface area contributed by atoms with Crippen LogP contribution in [0.25, 0.3) is 0 Å². The zero-order valence-electron chi connectivity index (χ0n) is 10.3. The van der Waals surface area contributed by atoms with Crippen molar-refractivity contribution in [3.63, 3.8) is 0 Å². The number of rotatable bonds is 6. The molecule has 0 amide bonds. The molecular formula is C13H23NS. The summed E-state index contributed by atoms with van der Waals surface area (Å²) in [6.45, 7) is 8.92. The summed E-state index contributed by atoms with van der Waals surface area (Å²) in [6, 6.07) is 3.35. The van der Waals surface area contributed by atoms with E-state index in [1.165, 1.54) is 29.7 Å². The van der Waals surface area contributed by atoms with Crippen molar-refractivity contribution in [2.45, 2.75) is 59.0 Å². The van der Waals surface area contributed by atoms with Crippen LogP contribution in [0.4, 0.5) is 0 Å². The Kier molecular flexibility index (Phi) is 5.34. The molecule has 0 radical (unpaired) electrons. The van der Waals surface area contributed by atoms with E-state index in [9.17, 15) is 0 Å². The van der Waals surface area contributed by atoms with Crippen molar-refractivity contribution in [1.82, 2.24) is 5.32 Å². The highest BCUT2D eigenvalue weighted by molar-refractivity contribution is 7.10. The summed E-state index contributed by atoms with van der Waals surface area (Å²) >= 11 is 1.89. The van der Waals surface area contributed by atoms with Crippen LogP contribution in [-0.2, 0) is 0 Å². The first-order valence-electron chi connectivity index (χ1n) is 5.95. The maximum Gasteiger partial charge on any atom is 0.0419 e. The SMILES string of the molecule is CCCCC(NC(C)C)c1sccc1C. The third kappa shape index (κ3) is 3.96. The van der Waals surface area contributed by atoms with Gasteiger partial charge in [0.1, 0.15) is 0 Å². The maximum atomic E-state index is 3.67. The van der Waals surface area contributed by atoms with Gasteiger partial charge in [0.05, 0.1) is 0 Å². The molecule has 1 unspecified atom stereocenters. The Labute approximate surface area is 97.9 Å². The molecule has 0 aliphatic carbocycles. The number of thiophene rings is 1. The van der Waals surface area contributed by atoms with Gasteiger partial charge in [-0.15, -0.1) is 11.3 Å². The van der Waals surface area contributed by atoms with Gasteiger partial charge in [0.15, 0.2) is 0 Å². The van der Waals surface area contributed by atoms with E-state index in [-0.39, 0.29) is 0 Å². The van der Waals surface area contributed by atoms with E-state index in [2.05, 4.69) is 44.5 Å². The van der Waals surface area contributed by atoms with Crippen LogP contribution in [0.3, 0.4) is 0 Å². The van der Waals surface area contributed by atoms with Crippen LogP contribution in [0.2, 0.25) is 0 Å². The molecule has 0 bridgehead atoms. The Balaban J connectivity index is 2.67. The number of aryl methyl sites for hydroxylation is 1. The Morgan fingerprint density at radius 1 is 1.40 bits per heavy atom. The molecule has 0 saturated heterocycles. The highest BCUT2D eigenvalue weighted by Gasteiger charge is 2.15. The Morgan fingerprint density at radius 2 is 2.13 bits per heavy atom. The quantitative estimate of drug-likeness (QED) is 0.761. The summed E-state index contributed by atoms with van der Waals surface area (Å²) in [5.41, 5.74) is 1.44. The van der Waals surface area contributed by atoms with Crippen molar-refractivity contribution in [3.05, 3.63) is 21.9 Å². The van der Waals surface area contributed by atoms with Crippen LogP contribution in [0, 0.1) is 6.92 Å². The molecule has 1 aromatic rings. The van der Waals surface area contributed by atoms with Crippen molar-refractivity contribution >= 4 is 11.3 Å². The smallest absolute Gasteiger partial charge is 0.0419 e. The average molecular weight is 225 g/mol. The standard InChI is InChI=1S/C13H23NS/c1-5-6-7-12(14-10(2)3)13-11(4)8-9-15-13/h8-10,12,14H,5-7H2,1-4H3. The minimum atomic E-state index is 0.560. The lowest BCUT2D eigenvalue weighted by molar-refractivity contribution is 0.444. The lowest BCUT2D eigenvalue weighted by Crippen LogP contribution is -2.28. The fourth-order valence-electron chi connectivity index (χ4n) is 1.84. The first-order chi connectivity index (χ1) is 7.15. The van der Waals surface area contributed by atoms with Gasteiger partial charge in [-0.05, 0) is 30.4 Å². The molecule has 0 fully saturated rings. The van der Waals surface area contributed by atoms with Crippen LogP contribution >= 0.6 is 11.3 Å². The number of unbranched alkanes of at least 4 members (excludes halogenated alkanes) is 1. The predicted molar refractivity (Wildman–Crippen MR) is 69.6 cm³/mol. The van der Waals surface area contributed by atoms with Crippen molar-refractivity contribution in [2.24, 2.45) is 0 Å². The first kappa shape index (κ1) is 12.7. The molecule has 0 saturated carbocycles. The predicted octanol–water partition coefficient (Wildman–Crippen LogP) is 4.29. The van der Waals surface area contributed by atoms with Crippen molar-refractivity contribution < 1.29 is 0 Å². The molecule has 0 aromatic carbocycles. The van der Waals surface area contributed by atoms with Crippen LogP contribution in [0.15, 0.2) is 11.4 Å². The minimum absolute atomic E-state index is 0.560. The second kappa shape index (κ2) is 6.29. The second-order valence-corrected chi connectivity index (χ2v) is 5.43. The topological polar surface area (TPSA) is 12.0 Å². The fraction of sp³-hybridized carbons (Fsp3) is 0.692. The van der Waals surface area contributed by atoms with E-state index < -0.39 is 0 Å². The number of nitrogens with one attached hydrogen (secondary N) is 1. The summed E-state index contributed by atoms with van der Waals surface area (Å²) < 4.78 is 0.